The highest BCUT2D eigenvalue weighted by Crippen LogP contribution is 2.36. The molecule has 0 spiro atoms. The summed E-state index contributed by atoms with van der Waals surface area (Å²) in [5.74, 6) is -1.59. The van der Waals surface area contributed by atoms with Gasteiger partial charge in [-0.2, -0.15) is 0 Å². The van der Waals surface area contributed by atoms with Crippen molar-refractivity contribution in [2.24, 2.45) is 0 Å². The quantitative estimate of drug-likeness (QED) is 0.230. The molecule has 5 amide bonds. The molecule has 1 fully saturated rings. The highest BCUT2D eigenvalue weighted by Gasteiger charge is 2.37. The minimum atomic E-state index is -0.863. The third-order valence-electron chi connectivity index (χ3n) is 6.05. The van der Waals surface area contributed by atoms with E-state index in [2.05, 4.69) is 42.5 Å². The normalized spacial score (nSPS) is 14.5. The first-order valence-electron chi connectivity index (χ1n) is 11.6. The zero-order valence-corrected chi connectivity index (χ0v) is 25.0. The second kappa shape index (κ2) is 11.7. The number of benzene rings is 3. The lowest BCUT2D eigenvalue weighted by Crippen LogP contribution is -2.54. The second-order valence-corrected chi connectivity index (χ2v) is 10.9. The Morgan fingerprint density at radius 2 is 1.72 bits per heavy atom. The fourth-order valence-electron chi connectivity index (χ4n) is 3.84. The molecule has 0 unspecified atom stereocenters. The molecule has 1 heterocycles. The van der Waals surface area contributed by atoms with Crippen molar-refractivity contribution in [3.05, 3.63) is 90.3 Å². The van der Waals surface area contributed by atoms with Gasteiger partial charge in [-0.1, -0.05) is 23.7 Å². The number of nitrogens with one attached hydrogen (secondary N) is 2. The summed E-state index contributed by atoms with van der Waals surface area (Å²) in [6.07, 6.45) is 1.36. The first-order chi connectivity index (χ1) is 18.5. The molecule has 39 heavy (non-hydrogen) atoms. The number of carbonyl (C=O) groups is 4. The maximum Gasteiger partial charge on any atom is 0.335 e. The molecule has 0 aromatic heterocycles. The van der Waals surface area contributed by atoms with Crippen molar-refractivity contribution in [2.75, 3.05) is 16.8 Å². The van der Waals surface area contributed by atoms with Gasteiger partial charge in [0, 0.05) is 10.7 Å². The smallest absolute Gasteiger partial charge is 0.335 e. The van der Waals surface area contributed by atoms with E-state index in [9.17, 15) is 19.2 Å². The molecular weight excluding hydrogens is 654 g/mol. The largest absolute Gasteiger partial charge is 0.481 e. The van der Waals surface area contributed by atoms with Gasteiger partial charge in [0.05, 0.1) is 14.6 Å². The van der Waals surface area contributed by atoms with E-state index in [1.165, 1.54) is 6.08 Å². The Bertz CT molecular complexity index is 1550. The summed E-state index contributed by atoms with van der Waals surface area (Å²) in [6.45, 7) is 5.38. The first-order valence-corrected chi connectivity index (χ1v) is 13.6. The fraction of sp³-hybridized carbons (Fsp3) is 0.143. The fourth-order valence-corrected chi connectivity index (χ4v) is 5.46. The zero-order valence-electron chi connectivity index (χ0n) is 21.0. The molecule has 1 aliphatic heterocycles. The van der Waals surface area contributed by atoms with Crippen LogP contribution in [-0.2, 0) is 14.4 Å². The third-order valence-corrected chi connectivity index (χ3v) is 7.64. The van der Waals surface area contributed by atoms with E-state index in [1.807, 2.05) is 32.0 Å². The number of barbiturate groups is 1. The Balaban J connectivity index is 1.53. The van der Waals surface area contributed by atoms with Crippen molar-refractivity contribution in [2.45, 2.75) is 20.8 Å². The van der Waals surface area contributed by atoms with Crippen LogP contribution in [0.5, 0.6) is 5.75 Å². The van der Waals surface area contributed by atoms with Gasteiger partial charge in [-0.15, -0.1) is 0 Å². The van der Waals surface area contributed by atoms with E-state index >= 15 is 0 Å². The van der Waals surface area contributed by atoms with Crippen LogP contribution in [0.25, 0.3) is 6.08 Å². The number of imide groups is 2. The van der Waals surface area contributed by atoms with Gasteiger partial charge >= 0.3 is 6.03 Å². The first kappa shape index (κ1) is 28.5. The number of anilines is 2. The molecule has 4 rings (SSSR count). The molecule has 0 bridgehead atoms. The van der Waals surface area contributed by atoms with E-state index in [1.54, 1.807) is 37.3 Å². The van der Waals surface area contributed by atoms with Gasteiger partial charge in [-0.25, -0.2) is 9.69 Å². The number of halogens is 3. The van der Waals surface area contributed by atoms with Gasteiger partial charge in [0.25, 0.3) is 17.7 Å². The summed E-state index contributed by atoms with van der Waals surface area (Å²) in [5.41, 5.74) is 3.87. The lowest BCUT2D eigenvalue weighted by atomic mass is 10.1. The van der Waals surface area contributed by atoms with Crippen LogP contribution >= 0.6 is 43.5 Å². The van der Waals surface area contributed by atoms with Crippen molar-refractivity contribution in [3.63, 3.8) is 0 Å². The zero-order chi connectivity index (χ0) is 28.4. The summed E-state index contributed by atoms with van der Waals surface area (Å²) >= 11 is 13.0. The van der Waals surface area contributed by atoms with Crippen LogP contribution in [0.15, 0.2) is 63.0 Å². The van der Waals surface area contributed by atoms with E-state index in [0.717, 1.165) is 16.0 Å². The average molecular weight is 676 g/mol. The summed E-state index contributed by atoms with van der Waals surface area (Å²) in [6, 6.07) is 12.8. The molecule has 2 N–H and O–H groups in total. The summed E-state index contributed by atoms with van der Waals surface area (Å²) < 4.78 is 6.67. The highest BCUT2D eigenvalue weighted by molar-refractivity contribution is 9.11. The maximum atomic E-state index is 13.3. The molecule has 0 aliphatic carbocycles. The Hall–Kier alpha value is -3.47. The minimum Gasteiger partial charge on any atom is -0.481 e. The van der Waals surface area contributed by atoms with Crippen molar-refractivity contribution in [1.82, 2.24) is 5.32 Å². The monoisotopic (exact) mass is 673 g/mol. The number of ether oxygens (including phenoxy) is 1. The highest BCUT2D eigenvalue weighted by atomic mass is 79.9. The van der Waals surface area contributed by atoms with Crippen LogP contribution in [0, 0.1) is 20.8 Å². The van der Waals surface area contributed by atoms with Gasteiger partial charge in [0.15, 0.2) is 6.61 Å². The Kier molecular flexibility index (Phi) is 8.58. The van der Waals surface area contributed by atoms with Crippen molar-refractivity contribution < 1.29 is 23.9 Å². The van der Waals surface area contributed by atoms with Crippen molar-refractivity contribution >= 4 is 84.7 Å². The lowest BCUT2D eigenvalue weighted by molar-refractivity contribution is -0.122. The molecule has 0 saturated carbocycles. The summed E-state index contributed by atoms with van der Waals surface area (Å²) in [7, 11) is 0. The Morgan fingerprint density at radius 1 is 1.03 bits per heavy atom. The van der Waals surface area contributed by atoms with Crippen LogP contribution in [0.2, 0.25) is 5.02 Å². The van der Waals surface area contributed by atoms with Crippen molar-refractivity contribution in [3.8, 4) is 5.75 Å². The Labute approximate surface area is 246 Å². The molecular formula is C28H22Br2ClN3O5. The van der Waals surface area contributed by atoms with E-state index in [4.69, 9.17) is 16.3 Å². The molecule has 8 nitrogen and oxygen atoms in total. The second-order valence-electron chi connectivity index (χ2n) is 8.79. The number of aryl methyl sites for hydroxylation is 2. The standard InChI is InChI=1S/C28H22Br2ClN3O5/c1-14-7-8-18(9-15(14)2)32-24(35)13-39-25-20(29)11-17(12-21(25)30)10-19-26(36)33-28(38)34(27(19)37)23-6-4-5-22(31)16(23)3/h4-12H,13H2,1-3H3,(H,32,35)(H,33,36,38)/b19-10-. The predicted molar refractivity (Wildman–Crippen MR) is 157 cm³/mol. The average Bonchev–Trinajstić information content (AvgIpc) is 2.86. The van der Waals surface area contributed by atoms with E-state index < -0.39 is 17.8 Å². The molecule has 200 valence electrons. The van der Waals surface area contributed by atoms with Crippen LogP contribution in [-0.4, -0.2) is 30.4 Å². The number of carbonyl (C=O) groups excluding carboxylic acids is 4. The van der Waals surface area contributed by atoms with Gasteiger partial charge in [-0.3, -0.25) is 19.7 Å². The van der Waals surface area contributed by atoms with Crippen molar-refractivity contribution in [1.29, 1.82) is 0 Å². The number of rotatable bonds is 6. The van der Waals surface area contributed by atoms with E-state index in [-0.39, 0.29) is 23.8 Å². The predicted octanol–water partition coefficient (Wildman–Crippen LogP) is 6.47. The summed E-state index contributed by atoms with van der Waals surface area (Å²) in [5, 5.41) is 5.37. The topological polar surface area (TPSA) is 105 Å². The minimum absolute atomic E-state index is 0.241. The molecule has 3 aromatic carbocycles. The van der Waals surface area contributed by atoms with Crippen LogP contribution in [0.3, 0.4) is 0 Å². The Morgan fingerprint density at radius 3 is 2.38 bits per heavy atom. The number of urea groups is 1. The SMILES string of the molecule is Cc1ccc(NC(=O)COc2c(Br)cc(/C=C3/C(=O)NC(=O)N(c4cccc(Cl)c4C)C3=O)cc2Br)cc1C. The van der Waals surface area contributed by atoms with Gasteiger partial charge in [0.1, 0.15) is 11.3 Å². The van der Waals surface area contributed by atoms with E-state index in [0.29, 0.717) is 36.5 Å². The lowest BCUT2D eigenvalue weighted by Gasteiger charge is -2.27. The number of hydrogen-bond acceptors (Lipinski definition) is 5. The third kappa shape index (κ3) is 6.24. The molecule has 11 heteroatoms. The molecule has 1 saturated heterocycles. The van der Waals surface area contributed by atoms with Gasteiger partial charge < -0.3 is 10.1 Å². The van der Waals surface area contributed by atoms with Gasteiger partial charge in [0.2, 0.25) is 0 Å². The number of hydrogen-bond donors (Lipinski definition) is 2. The number of amides is 5. The number of nitrogens with zero attached hydrogens (tertiary/aromatic N) is 1. The summed E-state index contributed by atoms with van der Waals surface area (Å²) in [4.78, 5) is 51.7. The molecule has 1 aliphatic rings. The molecule has 0 atom stereocenters. The van der Waals surface area contributed by atoms with Crippen LogP contribution in [0.1, 0.15) is 22.3 Å². The van der Waals surface area contributed by atoms with Crippen LogP contribution in [0.4, 0.5) is 16.2 Å². The van der Waals surface area contributed by atoms with Gasteiger partial charge in [-0.05, 0) is 117 Å². The molecule has 0 radical (unpaired) electrons. The maximum absolute atomic E-state index is 13.3. The van der Waals surface area contributed by atoms with Crippen LogP contribution < -0.4 is 20.3 Å². The molecule has 3 aromatic rings.